The standard InChI is InChI=1S/C15H17BrN2O3/c1-10(13-6-7-14(16)21-13)18-11-4-3-5-12(8-11)20-9-15(19)17-2/h3-8,10,18H,9H2,1-2H3,(H,17,19). The van der Waals surface area contributed by atoms with Crippen molar-refractivity contribution >= 4 is 27.5 Å². The van der Waals surface area contributed by atoms with E-state index in [0.29, 0.717) is 10.4 Å². The maximum absolute atomic E-state index is 11.2. The minimum Gasteiger partial charge on any atom is -0.484 e. The van der Waals surface area contributed by atoms with Gasteiger partial charge in [-0.3, -0.25) is 4.79 Å². The molecule has 5 nitrogen and oxygen atoms in total. The molecule has 112 valence electrons. The van der Waals surface area contributed by atoms with Gasteiger partial charge in [0.25, 0.3) is 5.91 Å². The number of halogens is 1. The fourth-order valence-electron chi connectivity index (χ4n) is 1.78. The Labute approximate surface area is 131 Å². The first-order valence-corrected chi connectivity index (χ1v) is 7.33. The van der Waals surface area contributed by atoms with Crippen LogP contribution in [0, 0.1) is 0 Å². The summed E-state index contributed by atoms with van der Waals surface area (Å²) in [5.74, 6) is 1.30. The van der Waals surface area contributed by atoms with Crippen LogP contribution < -0.4 is 15.4 Å². The Hall–Kier alpha value is -1.95. The zero-order valence-corrected chi connectivity index (χ0v) is 13.4. The molecule has 0 aliphatic heterocycles. The van der Waals surface area contributed by atoms with Crippen molar-refractivity contribution in [1.29, 1.82) is 0 Å². The van der Waals surface area contributed by atoms with E-state index in [0.717, 1.165) is 11.4 Å². The highest BCUT2D eigenvalue weighted by Crippen LogP contribution is 2.25. The van der Waals surface area contributed by atoms with Crippen LogP contribution in [0.5, 0.6) is 5.75 Å². The first-order chi connectivity index (χ1) is 10.1. The van der Waals surface area contributed by atoms with E-state index in [4.69, 9.17) is 9.15 Å². The van der Waals surface area contributed by atoms with Crippen LogP contribution in [0.4, 0.5) is 5.69 Å². The van der Waals surface area contributed by atoms with Crippen molar-refractivity contribution < 1.29 is 13.9 Å². The highest BCUT2D eigenvalue weighted by molar-refractivity contribution is 9.10. The number of carbonyl (C=O) groups excluding carboxylic acids is 1. The van der Waals surface area contributed by atoms with Gasteiger partial charge in [0.05, 0.1) is 6.04 Å². The number of ether oxygens (including phenoxy) is 1. The summed E-state index contributed by atoms with van der Waals surface area (Å²) in [4.78, 5) is 11.2. The molecule has 0 bridgehead atoms. The molecule has 1 amide bonds. The van der Waals surface area contributed by atoms with Gasteiger partial charge >= 0.3 is 0 Å². The van der Waals surface area contributed by atoms with Crippen LogP contribution in [0.2, 0.25) is 0 Å². The molecule has 1 aromatic heterocycles. The van der Waals surface area contributed by atoms with Crippen LogP contribution in [0.15, 0.2) is 45.5 Å². The van der Waals surface area contributed by atoms with Gasteiger partial charge < -0.3 is 19.8 Å². The van der Waals surface area contributed by atoms with E-state index in [-0.39, 0.29) is 18.6 Å². The number of benzene rings is 1. The fraction of sp³-hybridized carbons (Fsp3) is 0.267. The van der Waals surface area contributed by atoms with Crippen LogP contribution in [0.3, 0.4) is 0 Å². The number of furan rings is 1. The van der Waals surface area contributed by atoms with E-state index < -0.39 is 0 Å². The van der Waals surface area contributed by atoms with E-state index in [1.165, 1.54) is 0 Å². The van der Waals surface area contributed by atoms with Crippen molar-refractivity contribution in [2.24, 2.45) is 0 Å². The Morgan fingerprint density at radius 1 is 1.38 bits per heavy atom. The summed E-state index contributed by atoms with van der Waals surface area (Å²) in [6, 6.07) is 11.2. The van der Waals surface area contributed by atoms with Crippen molar-refractivity contribution in [2.75, 3.05) is 19.0 Å². The van der Waals surface area contributed by atoms with Gasteiger partial charge in [-0.25, -0.2) is 0 Å². The number of anilines is 1. The van der Waals surface area contributed by atoms with Crippen molar-refractivity contribution in [1.82, 2.24) is 5.32 Å². The Morgan fingerprint density at radius 3 is 2.86 bits per heavy atom. The SMILES string of the molecule is CNC(=O)COc1cccc(NC(C)c2ccc(Br)o2)c1. The average molecular weight is 353 g/mol. The van der Waals surface area contributed by atoms with Crippen LogP contribution in [-0.2, 0) is 4.79 Å². The van der Waals surface area contributed by atoms with Gasteiger partial charge in [0, 0.05) is 18.8 Å². The second kappa shape index (κ2) is 7.17. The lowest BCUT2D eigenvalue weighted by Crippen LogP contribution is -2.24. The number of hydrogen-bond donors (Lipinski definition) is 2. The molecule has 0 radical (unpaired) electrons. The molecule has 0 aliphatic carbocycles. The lowest BCUT2D eigenvalue weighted by Gasteiger charge is -2.14. The monoisotopic (exact) mass is 352 g/mol. The molecule has 21 heavy (non-hydrogen) atoms. The first-order valence-electron chi connectivity index (χ1n) is 6.53. The summed E-state index contributed by atoms with van der Waals surface area (Å²) in [5.41, 5.74) is 0.893. The molecular formula is C15H17BrN2O3. The van der Waals surface area contributed by atoms with Crippen LogP contribution >= 0.6 is 15.9 Å². The molecule has 0 saturated carbocycles. The molecule has 2 N–H and O–H groups in total. The summed E-state index contributed by atoms with van der Waals surface area (Å²) in [7, 11) is 1.58. The van der Waals surface area contributed by atoms with Crippen LogP contribution in [0.1, 0.15) is 18.7 Å². The van der Waals surface area contributed by atoms with Gasteiger partial charge in [-0.2, -0.15) is 0 Å². The smallest absolute Gasteiger partial charge is 0.257 e. The molecule has 0 fully saturated rings. The van der Waals surface area contributed by atoms with Crippen molar-refractivity contribution in [2.45, 2.75) is 13.0 Å². The van der Waals surface area contributed by atoms with Gasteiger partial charge in [0.1, 0.15) is 11.5 Å². The van der Waals surface area contributed by atoms with Gasteiger partial charge in [0.2, 0.25) is 0 Å². The molecule has 1 heterocycles. The predicted molar refractivity (Wildman–Crippen MR) is 84.4 cm³/mol. The molecule has 0 aliphatic rings. The number of likely N-dealkylation sites (N-methyl/N-ethyl adjacent to an activating group) is 1. The van der Waals surface area contributed by atoms with E-state index >= 15 is 0 Å². The number of nitrogens with one attached hydrogen (secondary N) is 2. The molecule has 1 unspecified atom stereocenters. The van der Waals surface area contributed by atoms with E-state index in [9.17, 15) is 4.79 Å². The second-order valence-electron chi connectivity index (χ2n) is 4.50. The number of amides is 1. The zero-order chi connectivity index (χ0) is 15.2. The van der Waals surface area contributed by atoms with E-state index in [1.807, 2.05) is 43.3 Å². The molecule has 0 spiro atoms. The van der Waals surface area contributed by atoms with Crippen molar-refractivity contribution in [3.63, 3.8) is 0 Å². The molecule has 6 heteroatoms. The fourth-order valence-corrected chi connectivity index (χ4v) is 2.10. The summed E-state index contributed by atoms with van der Waals surface area (Å²) in [6.07, 6.45) is 0. The number of rotatable bonds is 6. The van der Waals surface area contributed by atoms with E-state index in [1.54, 1.807) is 7.05 Å². The summed E-state index contributed by atoms with van der Waals surface area (Å²) >= 11 is 3.29. The zero-order valence-electron chi connectivity index (χ0n) is 11.9. The molecule has 0 saturated heterocycles. The normalized spacial score (nSPS) is 11.8. The van der Waals surface area contributed by atoms with Crippen LogP contribution in [-0.4, -0.2) is 19.6 Å². The third kappa shape index (κ3) is 4.53. The van der Waals surface area contributed by atoms with E-state index in [2.05, 4.69) is 26.6 Å². The Kier molecular flexibility index (Phi) is 5.27. The summed E-state index contributed by atoms with van der Waals surface area (Å²) in [5, 5.41) is 5.83. The molecule has 2 aromatic rings. The largest absolute Gasteiger partial charge is 0.484 e. The van der Waals surface area contributed by atoms with Gasteiger partial charge in [-0.1, -0.05) is 6.07 Å². The average Bonchev–Trinajstić information content (AvgIpc) is 2.92. The maximum atomic E-state index is 11.2. The minimum atomic E-state index is -0.165. The summed E-state index contributed by atoms with van der Waals surface area (Å²) < 4.78 is 11.6. The Balaban J connectivity index is 1.98. The highest BCUT2D eigenvalue weighted by Gasteiger charge is 2.10. The second-order valence-corrected chi connectivity index (χ2v) is 5.28. The quantitative estimate of drug-likeness (QED) is 0.836. The molecule has 1 atom stereocenters. The predicted octanol–water partition coefficient (Wildman–Crippen LogP) is 3.34. The Morgan fingerprint density at radius 2 is 2.19 bits per heavy atom. The highest BCUT2D eigenvalue weighted by atomic mass is 79.9. The molecule has 2 rings (SSSR count). The van der Waals surface area contributed by atoms with Gasteiger partial charge in [-0.15, -0.1) is 0 Å². The Bertz CT molecular complexity index is 612. The molecular weight excluding hydrogens is 336 g/mol. The third-order valence-electron chi connectivity index (χ3n) is 2.89. The van der Waals surface area contributed by atoms with Crippen molar-refractivity contribution in [3.05, 3.63) is 46.8 Å². The summed E-state index contributed by atoms with van der Waals surface area (Å²) in [6.45, 7) is 2.00. The first kappa shape index (κ1) is 15.4. The number of carbonyl (C=O) groups is 1. The van der Waals surface area contributed by atoms with Crippen LogP contribution in [0.25, 0.3) is 0 Å². The lowest BCUT2D eigenvalue weighted by atomic mass is 10.2. The minimum absolute atomic E-state index is 0.000633. The third-order valence-corrected chi connectivity index (χ3v) is 3.31. The topological polar surface area (TPSA) is 63.5 Å². The lowest BCUT2D eigenvalue weighted by molar-refractivity contribution is -0.122. The number of hydrogen-bond acceptors (Lipinski definition) is 4. The van der Waals surface area contributed by atoms with Crippen molar-refractivity contribution in [3.8, 4) is 5.75 Å². The molecule has 1 aromatic carbocycles. The van der Waals surface area contributed by atoms with Gasteiger partial charge in [0.15, 0.2) is 11.3 Å². The maximum Gasteiger partial charge on any atom is 0.257 e. The van der Waals surface area contributed by atoms with Gasteiger partial charge in [-0.05, 0) is 47.1 Å².